The molecule has 6 heteroatoms. The van der Waals surface area contributed by atoms with Crippen molar-refractivity contribution in [3.8, 4) is 0 Å². The van der Waals surface area contributed by atoms with Gasteiger partial charge in [0.2, 0.25) is 0 Å². The molecule has 2 aromatic heterocycles. The van der Waals surface area contributed by atoms with Gasteiger partial charge in [-0.2, -0.15) is 0 Å². The quantitative estimate of drug-likeness (QED) is 0.611. The first-order valence-corrected chi connectivity index (χ1v) is 8.11. The summed E-state index contributed by atoms with van der Waals surface area (Å²) >= 11 is 0. The molecule has 1 N–H and O–H groups in total. The minimum atomic E-state index is -0.681. The minimum absolute atomic E-state index is 0.299. The molecule has 4 rings (SSSR count). The van der Waals surface area contributed by atoms with Crippen LogP contribution in [0.3, 0.4) is 0 Å². The second kappa shape index (κ2) is 6.76. The zero-order chi connectivity index (χ0) is 17.9. The lowest BCUT2D eigenvalue weighted by molar-refractivity contribution is -0.118. The van der Waals surface area contributed by atoms with E-state index in [4.69, 9.17) is 0 Å². The maximum atomic E-state index is 13.4. The topological polar surface area (TPSA) is 59.8 Å². The summed E-state index contributed by atoms with van der Waals surface area (Å²) in [5.74, 6) is -0.708. The number of carbonyl (C=O) groups is 1. The van der Waals surface area contributed by atoms with E-state index in [-0.39, 0.29) is 5.91 Å². The molecule has 5 nitrogen and oxygen atoms in total. The summed E-state index contributed by atoms with van der Waals surface area (Å²) in [5, 5.41) is 2.78. The molecule has 1 atom stereocenters. The zero-order valence-electron chi connectivity index (χ0n) is 13.7. The van der Waals surface area contributed by atoms with Crippen LogP contribution in [0.4, 0.5) is 10.1 Å². The van der Waals surface area contributed by atoms with E-state index >= 15 is 0 Å². The predicted molar refractivity (Wildman–Crippen MR) is 97.1 cm³/mol. The molecule has 1 unspecified atom stereocenters. The summed E-state index contributed by atoms with van der Waals surface area (Å²) < 4.78 is 15.2. The molecule has 2 heterocycles. The van der Waals surface area contributed by atoms with E-state index in [1.54, 1.807) is 35.3 Å². The number of amides is 1. The van der Waals surface area contributed by atoms with E-state index in [1.807, 2.05) is 36.4 Å². The Balaban J connectivity index is 1.77. The van der Waals surface area contributed by atoms with Gasteiger partial charge in [0, 0.05) is 11.9 Å². The molecular weight excluding hydrogens is 331 g/mol. The van der Waals surface area contributed by atoms with Gasteiger partial charge in [0.15, 0.2) is 5.65 Å². The van der Waals surface area contributed by atoms with E-state index in [0.29, 0.717) is 16.9 Å². The van der Waals surface area contributed by atoms with Crippen LogP contribution in [0.1, 0.15) is 11.6 Å². The standard InChI is InChI=1S/C20H15FN4O/c21-15-8-4-9-16(12-15)24-20(26)18(14-6-2-1-3-7-14)25-13-23-17-10-5-11-22-19(17)25/h1-13,18H,(H,24,26). The number of halogens is 1. The lowest BCUT2D eigenvalue weighted by atomic mass is 10.1. The zero-order valence-corrected chi connectivity index (χ0v) is 13.7. The van der Waals surface area contributed by atoms with Crippen LogP contribution in [0.25, 0.3) is 11.2 Å². The molecule has 0 aliphatic carbocycles. The number of pyridine rings is 1. The first-order valence-electron chi connectivity index (χ1n) is 8.11. The van der Waals surface area contributed by atoms with Gasteiger partial charge < -0.3 is 5.32 Å². The fourth-order valence-corrected chi connectivity index (χ4v) is 2.91. The van der Waals surface area contributed by atoms with Gasteiger partial charge in [-0.1, -0.05) is 36.4 Å². The summed E-state index contributed by atoms with van der Waals surface area (Å²) in [5.41, 5.74) is 2.49. The number of carbonyl (C=O) groups excluding carboxylic acids is 1. The lowest BCUT2D eigenvalue weighted by Crippen LogP contribution is -2.27. The van der Waals surface area contributed by atoms with Crippen molar-refractivity contribution in [1.82, 2.24) is 14.5 Å². The fraction of sp³-hybridized carbons (Fsp3) is 0.0500. The van der Waals surface area contributed by atoms with Crippen LogP contribution >= 0.6 is 0 Å². The third-order valence-electron chi connectivity index (χ3n) is 4.07. The summed E-state index contributed by atoms with van der Waals surface area (Å²) in [4.78, 5) is 21.7. The number of nitrogens with one attached hydrogen (secondary N) is 1. The molecule has 128 valence electrons. The molecule has 26 heavy (non-hydrogen) atoms. The van der Waals surface area contributed by atoms with Crippen LogP contribution in [-0.4, -0.2) is 20.4 Å². The van der Waals surface area contributed by atoms with Gasteiger partial charge in [-0.05, 0) is 35.9 Å². The van der Waals surface area contributed by atoms with Crippen LogP contribution in [0, 0.1) is 5.82 Å². The number of anilines is 1. The second-order valence-corrected chi connectivity index (χ2v) is 5.81. The first kappa shape index (κ1) is 16.0. The van der Waals surface area contributed by atoms with Crippen molar-refractivity contribution < 1.29 is 9.18 Å². The molecule has 0 spiro atoms. The number of fused-ring (bicyclic) bond motifs is 1. The molecule has 0 aliphatic rings. The fourth-order valence-electron chi connectivity index (χ4n) is 2.91. The Morgan fingerprint density at radius 3 is 2.65 bits per heavy atom. The normalized spacial score (nSPS) is 12.0. The number of nitrogens with zero attached hydrogens (tertiary/aromatic N) is 3. The van der Waals surface area contributed by atoms with Crippen LogP contribution in [-0.2, 0) is 4.79 Å². The lowest BCUT2D eigenvalue weighted by Gasteiger charge is -2.19. The third-order valence-corrected chi connectivity index (χ3v) is 4.07. The highest BCUT2D eigenvalue weighted by Gasteiger charge is 2.25. The van der Waals surface area contributed by atoms with Gasteiger partial charge in [-0.15, -0.1) is 0 Å². The Hall–Kier alpha value is -3.54. The van der Waals surface area contributed by atoms with Crippen molar-refractivity contribution in [1.29, 1.82) is 0 Å². The van der Waals surface area contributed by atoms with Crippen molar-refractivity contribution in [2.45, 2.75) is 6.04 Å². The maximum Gasteiger partial charge on any atom is 0.252 e. The van der Waals surface area contributed by atoms with Crippen LogP contribution in [0.5, 0.6) is 0 Å². The van der Waals surface area contributed by atoms with Crippen LogP contribution in [0.2, 0.25) is 0 Å². The Morgan fingerprint density at radius 1 is 1.00 bits per heavy atom. The van der Waals surface area contributed by atoms with Gasteiger partial charge in [0.1, 0.15) is 17.4 Å². The number of hydrogen-bond acceptors (Lipinski definition) is 3. The molecular formula is C20H15FN4O. The maximum absolute atomic E-state index is 13.4. The Bertz CT molecular complexity index is 1060. The highest BCUT2D eigenvalue weighted by atomic mass is 19.1. The number of benzene rings is 2. The van der Waals surface area contributed by atoms with Crippen LogP contribution in [0.15, 0.2) is 79.3 Å². The molecule has 4 aromatic rings. The molecule has 0 fully saturated rings. The molecule has 0 bridgehead atoms. The Morgan fingerprint density at radius 2 is 1.85 bits per heavy atom. The second-order valence-electron chi connectivity index (χ2n) is 5.81. The Labute approximate surface area is 149 Å². The van der Waals surface area contributed by atoms with Crippen molar-refractivity contribution in [3.05, 3.63) is 90.6 Å². The smallest absolute Gasteiger partial charge is 0.252 e. The number of imidazole rings is 1. The first-order chi connectivity index (χ1) is 12.7. The Kier molecular flexibility index (Phi) is 4.15. The molecule has 0 radical (unpaired) electrons. The summed E-state index contributed by atoms with van der Waals surface area (Å²) in [6.45, 7) is 0. The number of rotatable bonds is 4. The minimum Gasteiger partial charge on any atom is -0.324 e. The molecule has 2 aromatic carbocycles. The van der Waals surface area contributed by atoms with Crippen molar-refractivity contribution >= 4 is 22.8 Å². The van der Waals surface area contributed by atoms with E-state index in [2.05, 4.69) is 15.3 Å². The molecule has 1 amide bonds. The highest BCUT2D eigenvalue weighted by Crippen LogP contribution is 2.24. The van der Waals surface area contributed by atoms with Gasteiger partial charge in [-0.3, -0.25) is 9.36 Å². The summed E-state index contributed by atoms with van der Waals surface area (Å²) in [6, 6.07) is 18.1. The molecule has 0 saturated heterocycles. The average molecular weight is 346 g/mol. The van der Waals surface area contributed by atoms with Gasteiger partial charge in [-0.25, -0.2) is 14.4 Å². The van der Waals surface area contributed by atoms with Crippen molar-refractivity contribution in [2.75, 3.05) is 5.32 Å². The monoisotopic (exact) mass is 346 g/mol. The van der Waals surface area contributed by atoms with E-state index < -0.39 is 11.9 Å². The van der Waals surface area contributed by atoms with E-state index in [0.717, 1.165) is 5.56 Å². The van der Waals surface area contributed by atoms with Crippen LogP contribution < -0.4 is 5.32 Å². The molecule has 0 saturated carbocycles. The van der Waals surface area contributed by atoms with Gasteiger partial charge in [0.05, 0.1) is 6.33 Å². The summed E-state index contributed by atoms with van der Waals surface area (Å²) in [6.07, 6.45) is 3.26. The van der Waals surface area contributed by atoms with E-state index in [9.17, 15) is 9.18 Å². The largest absolute Gasteiger partial charge is 0.324 e. The number of hydrogen-bond donors (Lipinski definition) is 1. The highest BCUT2D eigenvalue weighted by molar-refractivity contribution is 5.96. The molecule has 0 aliphatic heterocycles. The van der Waals surface area contributed by atoms with Crippen molar-refractivity contribution in [2.24, 2.45) is 0 Å². The van der Waals surface area contributed by atoms with Crippen molar-refractivity contribution in [3.63, 3.8) is 0 Å². The number of aromatic nitrogens is 3. The third kappa shape index (κ3) is 3.04. The predicted octanol–water partition coefficient (Wildman–Crippen LogP) is 3.80. The summed E-state index contributed by atoms with van der Waals surface area (Å²) in [7, 11) is 0. The average Bonchev–Trinajstić information content (AvgIpc) is 3.07. The van der Waals surface area contributed by atoms with E-state index in [1.165, 1.54) is 12.1 Å². The van der Waals surface area contributed by atoms with Gasteiger partial charge >= 0.3 is 0 Å². The van der Waals surface area contributed by atoms with Gasteiger partial charge in [0.25, 0.3) is 5.91 Å². The SMILES string of the molecule is O=C(Nc1cccc(F)c1)C(c1ccccc1)n1cnc2cccnc21.